The van der Waals surface area contributed by atoms with Crippen molar-refractivity contribution in [1.82, 2.24) is 14.2 Å². The van der Waals surface area contributed by atoms with Crippen LogP contribution < -0.4 is 5.56 Å². The van der Waals surface area contributed by atoms with Crippen LogP contribution in [-0.4, -0.2) is 20.4 Å². The van der Waals surface area contributed by atoms with E-state index in [2.05, 4.69) is 21.0 Å². The molecule has 4 rings (SSSR count). The lowest BCUT2D eigenvalue weighted by atomic mass is 9.95. The number of halogens is 3. The van der Waals surface area contributed by atoms with Gasteiger partial charge in [0.1, 0.15) is 5.82 Å². The van der Waals surface area contributed by atoms with Gasteiger partial charge in [-0.05, 0) is 50.2 Å². The molecule has 0 saturated heterocycles. The van der Waals surface area contributed by atoms with Crippen LogP contribution in [-0.2, 0) is 5.41 Å². The second-order valence-electron chi connectivity index (χ2n) is 8.94. The Kier molecular flexibility index (Phi) is 6.29. The van der Waals surface area contributed by atoms with Crippen LogP contribution >= 0.6 is 39.1 Å². The van der Waals surface area contributed by atoms with Crippen LogP contribution in [0.4, 0.5) is 0 Å². The highest BCUT2D eigenvalue weighted by Crippen LogP contribution is 2.31. The minimum Gasteiger partial charge on any atom is -0.316 e. The molecular formula is C25H23BrCl2N4O. The highest BCUT2D eigenvalue weighted by atomic mass is 79.9. The van der Waals surface area contributed by atoms with Crippen molar-refractivity contribution < 1.29 is 0 Å². The molecule has 170 valence electrons. The van der Waals surface area contributed by atoms with Crippen LogP contribution in [0.3, 0.4) is 0 Å². The summed E-state index contributed by atoms with van der Waals surface area (Å²) in [6.45, 7) is 10.0. The lowest BCUT2D eigenvalue weighted by Gasteiger charge is -2.20. The summed E-state index contributed by atoms with van der Waals surface area (Å²) in [5.41, 5.74) is 3.61. The van der Waals surface area contributed by atoms with Gasteiger partial charge in [0.15, 0.2) is 0 Å². The number of fused-ring (bicyclic) bond motifs is 1. The Morgan fingerprint density at radius 2 is 1.82 bits per heavy atom. The zero-order chi connectivity index (χ0) is 24.1. The van der Waals surface area contributed by atoms with Crippen LogP contribution in [0.1, 0.15) is 43.5 Å². The monoisotopic (exact) mass is 544 g/mol. The normalized spacial score (nSPS) is 12.2. The molecular weight excluding hydrogens is 523 g/mol. The highest BCUT2D eigenvalue weighted by molar-refractivity contribution is 9.10. The minimum absolute atomic E-state index is 0.214. The number of hydrogen-bond acceptors (Lipinski definition) is 3. The van der Waals surface area contributed by atoms with E-state index in [9.17, 15) is 4.79 Å². The molecule has 0 fully saturated rings. The zero-order valence-electron chi connectivity index (χ0n) is 18.9. The number of aryl methyl sites for hydroxylation is 1. The fourth-order valence-corrected chi connectivity index (χ4v) is 4.56. The molecule has 0 bridgehead atoms. The summed E-state index contributed by atoms with van der Waals surface area (Å²) in [6.07, 6.45) is 1.69. The van der Waals surface area contributed by atoms with Gasteiger partial charge in [0.05, 0.1) is 32.9 Å². The standard InChI is InChI=1S/C25H23BrCl2N4O/c1-14-11-16(15(2)31(14)21-8-6-7-19(27)22(21)28)13-29-32-23(33)18-12-17(26)9-10-20(18)30-24(32)25(3,4)5/h6-13H,1-5H3. The van der Waals surface area contributed by atoms with Crippen LogP contribution in [0.25, 0.3) is 16.6 Å². The quantitative estimate of drug-likeness (QED) is 0.259. The first-order valence-corrected chi connectivity index (χ1v) is 11.9. The maximum atomic E-state index is 13.4. The number of aromatic nitrogens is 3. The second kappa shape index (κ2) is 8.75. The van der Waals surface area contributed by atoms with Gasteiger partial charge < -0.3 is 4.57 Å². The molecule has 0 aliphatic heterocycles. The van der Waals surface area contributed by atoms with E-state index >= 15 is 0 Å². The number of hydrogen-bond donors (Lipinski definition) is 0. The highest BCUT2D eigenvalue weighted by Gasteiger charge is 2.23. The number of rotatable bonds is 3. The van der Waals surface area contributed by atoms with Crippen molar-refractivity contribution in [2.24, 2.45) is 5.10 Å². The van der Waals surface area contributed by atoms with Crippen LogP contribution in [0.15, 0.2) is 56.8 Å². The van der Waals surface area contributed by atoms with Gasteiger partial charge in [-0.3, -0.25) is 4.79 Å². The Labute approximate surface area is 210 Å². The summed E-state index contributed by atoms with van der Waals surface area (Å²) in [7, 11) is 0. The summed E-state index contributed by atoms with van der Waals surface area (Å²) in [4.78, 5) is 18.1. The molecule has 5 nitrogen and oxygen atoms in total. The predicted octanol–water partition coefficient (Wildman–Crippen LogP) is 7.05. The molecule has 0 radical (unpaired) electrons. The van der Waals surface area contributed by atoms with Crippen molar-refractivity contribution in [3.63, 3.8) is 0 Å². The van der Waals surface area contributed by atoms with Crippen molar-refractivity contribution in [1.29, 1.82) is 0 Å². The number of benzene rings is 2. The largest absolute Gasteiger partial charge is 0.316 e. The molecule has 33 heavy (non-hydrogen) atoms. The van der Waals surface area contributed by atoms with E-state index < -0.39 is 0 Å². The van der Waals surface area contributed by atoms with Gasteiger partial charge in [0.25, 0.3) is 5.56 Å². The third-order valence-corrected chi connectivity index (χ3v) is 6.74. The van der Waals surface area contributed by atoms with Gasteiger partial charge >= 0.3 is 0 Å². The Morgan fingerprint density at radius 1 is 1.09 bits per heavy atom. The van der Waals surface area contributed by atoms with E-state index in [1.54, 1.807) is 18.3 Å². The minimum atomic E-state index is -0.386. The molecule has 4 aromatic rings. The van der Waals surface area contributed by atoms with Crippen LogP contribution in [0.5, 0.6) is 0 Å². The first kappa shape index (κ1) is 23.7. The zero-order valence-corrected chi connectivity index (χ0v) is 22.0. The van der Waals surface area contributed by atoms with Crippen LogP contribution in [0, 0.1) is 13.8 Å². The molecule has 0 spiro atoms. The Bertz CT molecular complexity index is 1480. The maximum Gasteiger partial charge on any atom is 0.282 e. The first-order chi connectivity index (χ1) is 15.5. The second-order valence-corrected chi connectivity index (χ2v) is 10.6. The van der Waals surface area contributed by atoms with Crippen molar-refractivity contribution in [3.8, 4) is 5.69 Å². The third kappa shape index (κ3) is 4.39. The SMILES string of the molecule is Cc1cc(C=Nn2c(C(C)(C)C)nc3ccc(Br)cc3c2=O)c(C)n1-c1cccc(Cl)c1Cl. The summed E-state index contributed by atoms with van der Waals surface area (Å²) in [5, 5.41) is 6.08. The van der Waals surface area contributed by atoms with Crippen LogP contribution in [0.2, 0.25) is 10.0 Å². The summed E-state index contributed by atoms with van der Waals surface area (Å²) < 4.78 is 4.24. The molecule has 8 heteroatoms. The topological polar surface area (TPSA) is 52.2 Å². The molecule has 0 aliphatic rings. The Morgan fingerprint density at radius 3 is 2.52 bits per heavy atom. The maximum absolute atomic E-state index is 13.4. The molecule has 0 aliphatic carbocycles. The van der Waals surface area contributed by atoms with E-state index in [-0.39, 0.29) is 11.0 Å². The van der Waals surface area contributed by atoms with Crippen molar-refractivity contribution in [3.05, 3.63) is 90.1 Å². The van der Waals surface area contributed by atoms with Gasteiger partial charge in [-0.15, -0.1) is 0 Å². The fraction of sp³-hybridized carbons (Fsp3) is 0.240. The van der Waals surface area contributed by atoms with Crippen molar-refractivity contribution in [2.45, 2.75) is 40.0 Å². The van der Waals surface area contributed by atoms with Gasteiger partial charge in [-0.25, -0.2) is 4.98 Å². The fourth-order valence-electron chi connectivity index (χ4n) is 3.82. The lowest BCUT2D eigenvalue weighted by molar-refractivity contribution is 0.506. The Balaban J connectivity index is 1.88. The van der Waals surface area contributed by atoms with Gasteiger partial charge in [-0.2, -0.15) is 9.78 Å². The van der Waals surface area contributed by atoms with E-state index in [1.165, 1.54) is 4.68 Å². The first-order valence-electron chi connectivity index (χ1n) is 10.4. The molecule has 0 saturated carbocycles. The van der Waals surface area contributed by atoms with E-state index in [1.807, 2.05) is 69.5 Å². The number of nitrogens with zero attached hydrogens (tertiary/aromatic N) is 4. The van der Waals surface area contributed by atoms with Gasteiger partial charge in [0.2, 0.25) is 0 Å². The van der Waals surface area contributed by atoms with Crippen molar-refractivity contribution >= 4 is 56.2 Å². The average Bonchev–Trinajstić information content (AvgIpc) is 3.02. The summed E-state index contributed by atoms with van der Waals surface area (Å²) in [6, 6.07) is 13.0. The molecule has 0 unspecified atom stereocenters. The molecule has 2 heterocycles. The van der Waals surface area contributed by atoms with E-state index in [0.29, 0.717) is 26.8 Å². The molecule has 0 amide bonds. The van der Waals surface area contributed by atoms with Crippen molar-refractivity contribution in [2.75, 3.05) is 0 Å². The Hall–Kier alpha value is -2.41. The lowest BCUT2D eigenvalue weighted by Crippen LogP contribution is -2.29. The van der Waals surface area contributed by atoms with E-state index in [0.717, 1.165) is 27.1 Å². The third-order valence-electron chi connectivity index (χ3n) is 5.43. The van der Waals surface area contributed by atoms with E-state index in [4.69, 9.17) is 28.2 Å². The molecule has 0 N–H and O–H groups in total. The summed E-state index contributed by atoms with van der Waals surface area (Å²) in [5.74, 6) is 0.588. The molecule has 2 aromatic heterocycles. The molecule has 2 aromatic carbocycles. The van der Waals surface area contributed by atoms with Gasteiger partial charge in [-0.1, -0.05) is 66.0 Å². The smallest absolute Gasteiger partial charge is 0.282 e. The van der Waals surface area contributed by atoms with Gasteiger partial charge in [0, 0.05) is 26.8 Å². The molecule has 0 atom stereocenters. The predicted molar refractivity (Wildman–Crippen MR) is 141 cm³/mol. The summed E-state index contributed by atoms with van der Waals surface area (Å²) >= 11 is 16.1. The average molecular weight is 546 g/mol.